The van der Waals surface area contributed by atoms with Gasteiger partial charge in [-0.25, -0.2) is 5.06 Å². The van der Waals surface area contributed by atoms with E-state index in [0.717, 1.165) is 12.8 Å². The van der Waals surface area contributed by atoms with Crippen molar-refractivity contribution in [1.29, 1.82) is 0 Å². The summed E-state index contributed by atoms with van der Waals surface area (Å²) in [5, 5.41) is 10.4. The van der Waals surface area contributed by atoms with Crippen molar-refractivity contribution >= 4 is 17.2 Å². The minimum atomic E-state index is -0.128. The van der Waals surface area contributed by atoms with E-state index in [4.69, 9.17) is 12.2 Å². The number of nitrogens with zero attached hydrogens (tertiary/aromatic N) is 1. The fourth-order valence-corrected chi connectivity index (χ4v) is 1.31. The van der Waals surface area contributed by atoms with Gasteiger partial charge in [0.2, 0.25) is 0 Å². The van der Waals surface area contributed by atoms with Crippen LogP contribution in [0, 0.1) is 0 Å². The van der Waals surface area contributed by atoms with Crippen molar-refractivity contribution in [3.63, 3.8) is 0 Å². The van der Waals surface area contributed by atoms with E-state index in [-0.39, 0.29) is 25.0 Å². The maximum atomic E-state index is 9.22. The van der Waals surface area contributed by atoms with Crippen LogP contribution in [0.2, 0.25) is 0 Å². The Balaban J connectivity index is 0.000000810. The molecule has 1 fully saturated rings. The molecule has 0 aromatic heterocycles. The largest absolute Gasteiger partial charge is 0.287 e. The molecule has 1 aliphatic heterocycles. The third kappa shape index (κ3) is 1.74. The van der Waals surface area contributed by atoms with E-state index in [1.165, 1.54) is 5.06 Å². The third-order valence-corrected chi connectivity index (χ3v) is 2.14. The average molecular weight is 211 g/mol. The van der Waals surface area contributed by atoms with Crippen LogP contribution in [0.1, 0.15) is 26.7 Å². The van der Waals surface area contributed by atoms with Gasteiger partial charge in [-0.05, 0) is 20.3 Å². The van der Waals surface area contributed by atoms with Crippen molar-refractivity contribution in [3.8, 4) is 0 Å². The van der Waals surface area contributed by atoms with Crippen LogP contribution in [0.3, 0.4) is 0 Å². The third-order valence-electron chi connectivity index (χ3n) is 1.76. The summed E-state index contributed by atoms with van der Waals surface area (Å²) in [6.07, 6.45) is 1.81. The summed E-state index contributed by atoms with van der Waals surface area (Å²) in [7, 11) is 0. The average Bonchev–Trinajstić information content (AvgIpc) is 1.97. The second kappa shape index (κ2) is 3.25. The van der Waals surface area contributed by atoms with Gasteiger partial charge in [0.05, 0.1) is 5.54 Å². The van der Waals surface area contributed by atoms with Gasteiger partial charge in [0.15, 0.2) is 0 Å². The van der Waals surface area contributed by atoms with Crippen molar-refractivity contribution in [2.24, 2.45) is 0 Å². The molecule has 0 atom stereocenters. The minimum Gasteiger partial charge on any atom is -0.287 e. The summed E-state index contributed by atoms with van der Waals surface area (Å²) in [4.78, 5) is 0.667. The molecule has 0 amide bonds. The Morgan fingerprint density at radius 2 is 2.10 bits per heavy atom. The van der Waals surface area contributed by atoms with E-state index >= 15 is 0 Å². The molecular weight excluding hydrogens is 200 g/mol. The van der Waals surface area contributed by atoms with Crippen LogP contribution >= 0.6 is 12.2 Å². The molecule has 4 heteroatoms. The second-order valence-electron chi connectivity index (χ2n) is 3.02. The van der Waals surface area contributed by atoms with Crippen LogP contribution < -0.4 is 0 Å². The molecule has 1 rings (SSSR count). The van der Waals surface area contributed by atoms with E-state index < -0.39 is 0 Å². The number of rotatable bonds is 0. The summed E-state index contributed by atoms with van der Waals surface area (Å²) >= 11 is 4.87. The first-order valence-corrected chi connectivity index (χ1v) is 3.47. The molecule has 10 heavy (non-hydrogen) atoms. The maximum absolute atomic E-state index is 9.22. The summed E-state index contributed by atoms with van der Waals surface area (Å²) in [5.41, 5.74) is -0.128. The summed E-state index contributed by atoms with van der Waals surface area (Å²) in [5.74, 6) is 0. The molecule has 1 saturated heterocycles. The Bertz CT molecular complexity index is 149. The van der Waals surface area contributed by atoms with E-state index in [0.29, 0.717) is 4.99 Å². The van der Waals surface area contributed by atoms with E-state index in [9.17, 15) is 5.21 Å². The fraction of sp³-hybridized carbons (Fsp3) is 0.833. The molecule has 54 valence electrons. The fourth-order valence-electron chi connectivity index (χ4n) is 0.962. The van der Waals surface area contributed by atoms with Crippen molar-refractivity contribution in [1.82, 2.24) is 5.06 Å². The van der Waals surface area contributed by atoms with Crippen LogP contribution in [-0.2, 0) is 19.5 Å². The molecule has 1 heterocycles. The first-order valence-electron chi connectivity index (χ1n) is 3.06. The van der Waals surface area contributed by atoms with Gasteiger partial charge in [-0.15, -0.1) is 0 Å². The standard InChI is InChI=1S/C6H11NOS.Zn/c1-6(2)4-3-5(9)7(6)8;/h8H,3-4H2,1-2H3;. The van der Waals surface area contributed by atoms with Crippen LogP contribution in [-0.4, -0.2) is 20.8 Å². The predicted octanol–water partition coefficient (Wildman–Crippen LogP) is 1.57. The molecule has 1 N–H and O–H groups in total. The Hall–Kier alpha value is 0.473. The topological polar surface area (TPSA) is 23.5 Å². The Morgan fingerprint density at radius 3 is 2.20 bits per heavy atom. The van der Waals surface area contributed by atoms with Crippen LogP contribution in [0.15, 0.2) is 0 Å². The van der Waals surface area contributed by atoms with Crippen molar-refractivity contribution in [2.75, 3.05) is 0 Å². The molecule has 0 aromatic carbocycles. The van der Waals surface area contributed by atoms with Gasteiger partial charge < -0.3 is 0 Å². The predicted molar refractivity (Wildman–Crippen MR) is 39.5 cm³/mol. The zero-order chi connectivity index (χ0) is 7.07. The first kappa shape index (κ1) is 10.5. The molecule has 0 radical (unpaired) electrons. The number of thiocarbonyl (C=S) groups is 1. The molecule has 0 spiro atoms. The Kier molecular flexibility index (Phi) is 3.40. The summed E-state index contributed by atoms with van der Waals surface area (Å²) in [6.45, 7) is 3.96. The molecule has 0 aliphatic carbocycles. The van der Waals surface area contributed by atoms with Crippen LogP contribution in [0.5, 0.6) is 0 Å². The van der Waals surface area contributed by atoms with Gasteiger partial charge >= 0.3 is 0 Å². The SMILES string of the molecule is CC1(C)CCC(=S)N1O.[Zn]. The quantitative estimate of drug-likeness (QED) is 0.485. The summed E-state index contributed by atoms with van der Waals surface area (Å²) in [6, 6.07) is 0. The van der Waals surface area contributed by atoms with Gasteiger partial charge in [0.1, 0.15) is 4.99 Å². The van der Waals surface area contributed by atoms with E-state index in [1.807, 2.05) is 13.8 Å². The summed E-state index contributed by atoms with van der Waals surface area (Å²) < 4.78 is 0. The van der Waals surface area contributed by atoms with Crippen molar-refractivity contribution < 1.29 is 24.7 Å². The maximum Gasteiger partial charge on any atom is 0.104 e. The molecule has 0 unspecified atom stereocenters. The molecule has 1 aliphatic rings. The normalized spacial score (nSPS) is 22.7. The Labute approximate surface area is 79.3 Å². The molecule has 0 saturated carbocycles. The van der Waals surface area contributed by atoms with Crippen molar-refractivity contribution in [3.05, 3.63) is 0 Å². The van der Waals surface area contributed by atoms with Gasteiger partial charge in [-0.3, -0.25) is 5.21 Å². The second-order valence-corrected chi connectivity index (χ2v) is 3.49. The molecular formula is C6H11NOSZn. The van der Waals surface area contributed by atoms with Gasteiger partial charge in [0.25, 0.3) is 0 Å². The van der Waals surface area contributed by atoms with Gasteiger partial charge in [-0.2, -0.15) is 0 Å². The number of hydrogen-bond acceptors (Lipinski definition) is 2. The van der Waals surface area contributed by atoms with E-state index in [2.05, 4.69) is 0 Å². The molecule has 0 bridgehead atoms. The number of hydroxylamine groups is 2. The smallest absolute Gasteiger partial charge is 0.104 e. The van der Waals surface area contributed by atoms with Crippen LogP contribution in [0.4, 0.5) is 0 Å². The zero-order valence-corrected chi connectivity index (χ0v) is 10.2. The zero-order valence-electron chi connectivity index (χ0n) is 6.42. The van der Waals surface area contributed by atoms with Crippen LogP contribution in [0.25, 0.3) is 0 Å². The minimum absolute atomic E-state index is 0. The van der Waals surface area contributed by atoms with E-state index in [1.54, 1.807) is 0 Å². The van der Waals surface area contributed by atoms with Gasteiger partial charge in [-0.1, -0.05) is 12.2 Å². The Morgan fingerprint density at radius 1 is 1.60 bits per heavy atom. The monoisotopic (exact) mass is 209 g/mol. The number of hydrogen-bond donors (Lipinski definition) is 1. The molecule has 2 nitrogen and oxygen atoms in total. The molecule has 0 aromatic rings. The van der Waals surface area contributed by atoms with Gasteiger partial charge in [0, 0.05) is 25.9 Å². The first-order chi connectivity index (χ1) is 4.04. The van der Waals surface area contributed by atoms with Crippen molar-refractivity contribution in [2.45, 2.75) is 32.2 Å².